The van der Waals surface area contributed by atoms with E-state index >= 15 is 0 Å². The third kappa shape index (κ3) is 2.96. The average Bonchev–Trinajstić information content (AvgIpc) is 2.86. The molecule has 4 nitrogen and oxygen atoms in total. The molecule has 0 saturated carbocycles. The van der Waals surface area contributed by atoms with Gasteiger partial charge >= 0.3 is 0 Å². The summed E-state index contributed by atoms with van der Waals surface area (Å²) in [6, 6.07) is 5.62. The van der Waals surface area contributed by atoms with Gasteiger partial charge in [-0.15, -0.1) is 0 Å². The first kappa shape index (κ1) is 12.8. The van der Waals surface area contributed by atoms with E-state index in [-0.39, 0.29) is 0 Å². The Balaban J connectivity index is 2.01. The molecule has 1 aromatic carbocycles. The van der Waals surface area contributed by atoms with Gasteiger partial charge in [0.2, 0.25) is 0 Å². The van der Waals surface area contributed by atoms with Gasteiger partial charge in [-0.3, -0.25) is 4.68 Å². The van der Waals surface area contributed by atoms with Crippen molar-refractivity contribution in [2.75, 3.05) is 12.4 Å². The monoisotopic (exact) mass is 265 g/mol. The molecule has 0 bridgehead atoms. The second-order valence-electron chi connectivity index (χ2n) is 3.91. The van der Waals surface area contributed by atoms with E-state index in [4.69, 9.17) is 16.3 Å². The average molecular weight is 266 g/mol. The molecule has 5 heteroatoms. The zero-order chi connectivity index (χ0) is 13.0. The molecule has 0 radical (unpaired) electrons. The molecule has 0 aliphatic heterocycles. The van der Waals surface area contributed by atoms with Gasteiger partial charge in [0, 0.05) is 36.6 Å². The highest BCUT2D eigenvalue weighted by Crippen LogP contribution is 2.27. The van der Waals surface area contributed by atoms with E-state index in [0.29, 0.717) is 10.8 Å². The lowest BCUT2D eigenvalue weighted by molar-refractivity contribution is 0.415. The molecule has 0 amide bonds. The first-order chi connectivity index (χ1) is 8.72. The SMILES string of the molecule is CCn1cc(CNc2ccc(Cl)c(OC)c2)cn1. The van der Waals surface area contributed by atoms with Gasteiger partial charge in [-0.1, -0.05) is 11.6 Å². The molecule has 96 valence electrons. The predicted molar refractivity (Wildman–Crippen MR) is 73.2 cm³/mol. The molecule has 0 atom stereocenters. The maximum Gasteiger partial charge on any atom is 0.139 e. The Kier molecular flexibility index (Phi) is 4.10. The first-order valence-electron chi connectivity index (χ1n) is 5.81. The fourth-order valence-corrected chi connectivity index (χ4v) is 1.84. The minimum atomic E-state index is 0.613. The van der Waals surface area contributed by atoms with Crippen LogP contribution in [0.15, 0.2) is 30.6 Å². The Morgan fingerprint density at radius 2 is 2.28 bits per heavy atom. The molecule has 0 spiro atoms. The molecule has 18 heavy (non-hydrogen) atoms. The Bertz CT molecular complexity index is 525. The number of rotatable bonds is 5. The lowest BCUT2D eigenvalue weighted by Gasteiger charge is -2.08. The molecule has 0 unspecified atom stereocenters. The number of aromatic nitrogens is 2. The van der Waals surface area contributed by atoms with E-state index in [1.165, 1.54) is 0 Å². The number of methoxy groups -OCH3 is 1. The molecule has 1 N–H and O–H groups in total. The number of halogens is 1. The van der Waals surface area contributed by atoms with Crippen molar-refractivity contribution in [3.63, 3.8) is 0 Å². The number of anilines is 1. The fourth-order valence-electron chi connectivity index (χ4n) is 1.64. The molecule has 0 aliphatic carbocycles. The molecular formula is C13H16ClN3O. The van der Waals surface area contributed by atoms with Crippen LogP contribution in [0.2, 0.25) is 5.02 Å². The summed E-state index contributed by atoms with van der Waals surface area (Å²) in [4.78, 5) is 0. The van der Waals surface area contributed by atoms with Gasteiger partial charge in [-0.2, -0.15) is 5.10 Å². The van der Waals surface area contributed by atoms with E-state index in [1.807, 2.05) is 35.3 Å². The summed E-state index contributed by atoms with van der Waals surface area (Å²) in [5.74, 6) is 0.672. The number of nitrogens with zero attached hydrogens (tertiary/aromatic N) is 2. The molecule has 1 aromatic heterocycles. The summed E-state index contributed by atoms with van der Waals surface area (Å²) in [7, 11) is 1.61. The zero-order valence-electron chi connectivity index (χ0n) is 10.5. The molecule has 2 aromatic rings. The van der Waals surface area contributed by atoms with Crippen molar-refractivity contribution in [2.45, 2.75) is 20.0 Å². The van der Waals surface area contributed by atoms with E-state index in [2.05, 4.69) is 17.3 Å². The first-order valence-corrected chi connectivity index (χ1v) is 6.19. The maximum atomic E-state index is 5.97. The van der Waals surface area contributed by atoms with Gasteiger partial charge in [0.25, 0.3) is 0 Å². The Hall–Kier alpha value is -1.68. The molecule has 2 rings (SSSR count). The zero-order valence-corrected chi connectivity index (χ0v) is 11.2. The van der Waals surface area contributed by atoms with Crippen molar-refractivity contribution in [3.05, 3.63) is 41.2 Å². The largest absolute Gasteiger partial charge is 0.495 e. The maximum absolute atomic E-state index is 5.97. The van der Waals surface area contributed by atoms with Crippen LogP contribution in [0.25, 0.3) is 0 Å². The van der Waals surface area contributed by atoms with Crippen molar-refractivity contribution in [3.8, 4) is 5.75 Å². The highest BCUT2D eigenvalue weighted by Gasteiger charge is 2.02. The van der Waals surface area contributed by atoms with Crippen molar-refractivity contribution in [1.29, 1.82) is 0 Å². The lowest BCUT2D eigenvalue weighted by Crippen LogP contribution is -1.99. The predicted octanol–water partition coefficient (Wildman–Crippen LogP) is 3.18. The van der Waals surface area contributed by atoms with Crippen LogP contribution in [0.3, 0.4) is 0 Å². The molecular weight excluding hydrogens is 250 g/mol. The summed E-state index contributed by atoms with van der Waals surface area (Å²) in [6.07, 6.45) is 3.89. The third-order valence-electron chi connectivity index (χ3n) is 2.66. The standard InChI is InChI=1S/C13H16ClN3O/c1-3-17-9-10(8-16-17)7-15-11-4-5-12(14)13(6-11)18-2/h4-6,8-9,15H,3,7H2,1-2H3. The summed E-state index contributed by atoms with van der Waals surface area (Å²) in [6.45, 7) is 3.67. The minimum absolute atomic E-state index is 0.613. The van der Waals surface area contributed by atoms with Gasteiger partial charge in [-0.25, -0.2) is 0 Å². The normalized spacial score (nSPS) is 10.4. The van der Waals surface area contributed by atoms with E-state index in [1.54, 1.807) is 7.11 Å². The topological polar surface area (TPSA) is 39.1 Å². The minimum Gasteiger partial charge on any atom is -0.495 e. The van der Waals surface area contributed by atoms with Crippen LogP contribution < -0.4 is 10.1 Å². The second-order valence-corrected chi connectivity index (χ2v) is 4.31. The van der Waals surface area contributed by atoms with Crippen LogP contribution in [0.1, 0.15) is 12.5 Å². The Labute approximate surface area is 112 Å². The Morgan fingerprint density at radius 3 is 2.94 bits per heavy atom. The van der Waals surface area contributed by atoms with Gasteiger partial charge in [0.15, 0.2) is 0 Å². The summed E-state index contributed by atoms with van der Waals surface area (Å²) < 4.78 is 7.07. The van der Waals surface area contributed by atoms with E-state index in [0.717, 1.165) is 24.3 Å². The number of benzene rings is 1. The number of hydrogen-bond acceptors (Lipinski definition) is 3. The highest BCUT2D eigenvalue weighted by molar-refractivity contribution is 6.32. The van der Waals surface area contributed by atoms with Crippen molar-refractivity contribution in [2.24, 2.45) is 0 Å². The van der Waals surface area contributed by atoms with E-state index in [9.17, 15) is 0 Å². The van der Waals surface area contributed by atoms with Crippen LogP contribution in [0.4, 0.5) is 5.69 Å². The lowest BCUT2D eigenvalue weighted by atomic mass is 10.3. The molecule has 1 heterocycles. The summed E-state index contributed by atoms with van der Waals surface area (Å²) in [5, 5.41) is 8.15. The quantitative estimate of drug-likeness (QED) is 0.903. The van der Waals surface area contributed by atoms with Gasteiger partial charge < -0.3 is 10.1 Å². The number of nitrogens with one attached hydrogen (secondary N) is 1. The third-order valence-corrected chi connectivity index (χ3v) is 2.97. The Morgan fingerprint density at radius 1 is 1.44 bits per heavy atom. The molecule has 0 aliphatic rings. The van der Waals surface area contributed by atoms with Crippen molar-refractivity contribution in [1.82, 2.24) is 9.78 Å². The van der Waals surface area contributed by atoms with Gasteiger partial charge in [-0.05, 0) is 19.1 Å². The molecule has 0 saturated heterocycles. The number of aryl methyl sites for hydroxylation is 1. The number of hydrogen-bond donors (Lipinski definition) is 1. The molecule has 0 fully saturated rings. The van der Waals surface area contributed by atoms with Crippen LogP contribution in [-0.4, -0.2) is 16.9 Å². The van der Waals surface area contributed by atoms with Gasteiger partial charge in [0.05, 0.1) is 18.3 Å². The summed E-state index contributed by atoms with van der Waals surface area (Å²) >= 11 is 5.97. The van der Waals surface area contributed by atoms with Crippen molar-refractivity contribution >= 4 is 17.3 Å². The van der Waals surface area contributed by atoms with E-state index < -0.39 is 0 Å². The van der Waals surface area contributed by atoms with Crippen LogP contribution in [-0.2, 0) is 13.1 Å². The second kappa shape index (κ2) is 5.78. The van der Waals surface area contributed by atoms with Crippen molar-refractivity contribution < 1.29 is 4.74 Å². The van der Waals surface area contributed by atoms with Crippen LogP contribution in [0, 0.1) is 0 Å². The number of ether oxygens (including phenoxy) is 1. The highest BCUT2D eigenvalue weighted by atomic mass is 35.5. The smallest absolute Gasteiger partial charge is 0.139 e. The van der Waals surface area contributed by atoms with Gasteiger partial charge in [0.1, 0.15) is 5.75 Å². The fraction of sp³-hybridized carbons (Fsp3) is 0.308. The van der Waals surface area contributed by atoms with Crippen LogP contribution >= 0.6 is 11.6 Å². The van der Waals surface area contributed by atoms with Crippen LogP contribution in [0.5, 0.6) is 5.75 Å². The summed E-state index contributed by atoms with van der Waals surface area (Å²) in [5.41, 5.74) is 2.12.